The zero-order valence-corrected chi connectivity index (χ0v) is 18.5. The molecule has 0 N–H and O–H groups in total. The lowest BCUT2D eigenvalue weighted by atomic mass is 9.78. The molecule has 2 fully saturated rings. The first-order valence-corrected chi connectivity index (χ1v) is 10.7. The smallest absolute Gasteiger partial charge is 0.482 e. The van der Waals surface area contributed by atoms with E-state index in [1.165, 1.54) is 0 Å². The van der Waals surface area contributed by atoms with Crippen LogP contribution in [0.25, 0.3) is 11.0 Å². The van der Waals surface area contributed by atoms with Gasteiger partial charge in [0.15, 0.2) is 0 Å². The Kier molecular flexibility index (Phi) is 4.64. The number of hydrogen-bond acceptors (Lipinski definition) is 5. The number of imidazole rings is 1. The van der Waals surface area contributed by atoms with Crippen molar-refractivity contribution in [3.05, 3.63) is 48.5 Å². The summed E-state index contributed by atoms with van der Waals surface area (Å²) >= 11 is 0. The number of rotatable bonds is 5. The fraction of sp³-hybridized carbons (Fsp3) is 0.478. The third-order valence-electron chi connectivity index (χ3n) is 6.63. The van der Waals surface area contributed by atoms with E-state index in [1.54, 1.807) is 12.5 Å². The maximum absolute atomic E-state index is 13.9. The highest BCUT2D eigenvalue weighted by Crippen LogP contribution is 2.43. The summed E-state index contributed by atoms with van der Waals surface area (Å²) in [5.74, 6) is 0.622. The number of benzene rings is 1. The van der Waals surface area contributed by atoms with Crippen molar-refractivity contribution in [1.29, 1.82) is 0 Å². The van der Waals surface area contributed by atoms with Crippen LogP contribution in [0.2, 0.25) is 0 Å². The fourth-order valence-electron chi connectivity index (χ4n) is 3.92. The lowest BCUT2D eigenvalue weighted by Crippen LogP contribution is -2.41. The molecule has 1 aromatic carbocycles. The summed E-state index contributed by atoms with van der Waals surface area (Å²) in [5, 5.41) is 0. The van der Waals surface area contributed by atoms with Gasteiger partial charge in [-0.25, -0.2) is 9.37 Å². The van der Waals surface area contributed by atoms with E-state index >= 15 is 0 Å². The van der Waals surface area contributed by atoms with Crippen molar-refractivity contribution in [2.45, 2.75) is 70.6 Å². The highest BCUT2D eigenvalue weighted by molar-refractivity contribution is 6.62. The average Bonchev–Trinajstić information content (AvgIpc) is 3.20. The quantitative estimate of drug-likeness (QED) is 0.577. The summed E-state index contributed by atoms with van der Waals surface area (Å²) in [6.07, 6.45) is 2.80. The molecule has 3 atom stereocenters. The van der Waals surface area contributed by atoms with Crippen LogP contribution < -0.4 is 10.2 Å². The predicted octanol–water partition coefficient (Wildman–Crippen LogP) is 4.15. The normalized spacial score (nSPS) is 25.0. The number of pyridine rings is 1. The minimum Gasteiger partial charge on any atom is -0.482 e. The molecule has 1 saturated heterocycles. The third-order valence-corrected chi connectivity index (χ3v) is 6.63. The number of hydrogen-bond donors (Lipinski definition) is 0. The van der Waals surface area contributed by atoms with Gasteiger partial charge in [-0.05, 0) is 64.3 Å². The Morgan fingerprint density at radius 2 is 1.87 bits per heavy atom. The van der Waals surface area contributed by atoms with E-state index in [0.717, 1.165) is 22.2 Å². The van der Waals surface area contributed by atoms with Crippen molar-refractivity contribution in [2.75, 3.05) is 0 Å². The van der Waals surface area contributed by atoms with Crippen LogP contribution in [0, 0.1) is 0 Å². The van der Waals surface area contributed by atoms with Crippen molar-refractivity contribution < 1.29 is 18.4 Å². The Morgan fingerprint density at radius 1 is 1.16 bits per heavy atom. The summed E-state index contributed by atoms with van der Waals surface area (Å²) in [7, 11) is -0.540. The number of ether oxygens (including phenoxy) is 1. The molecule has 5 rings (SSSR count). The minimum atomic E-state index is -0.846. The van der Waals surface area contributed by atoms with Gasteiger partial charge in [-0.3, -0.25) is 4.98 Å². The summed E-state index contributed by atoms with van der Waals surface area (Å²) in [6.45, 7) is 10.0. The van der Waals surface area contributed by atoms with E-state index in [2.05, 4.69) is 9.97 Å². The number of fused-ring (bicyclic) bond motifs is 1. The van der Waals surface area contributed by atoms with Gasteiger partial charge in [0.1, 0.15) is 23.5 Å². The summed E-state index contributed by atoms with van der Waals surface area (Å²) in [6, 6.07) is 9.41. The summed E-state index contributed by atoms with van der Waals surface area (Å²) in [5.41, 5.74) is 2.25. The van der Waals surface area contributed by atoms with Gasteiger partial charge >= 0.3 is 7.12 Å². The second-order valence-electron chi connectivity index (χ2n) is 9.46. The van der Waals surface area contributed by atoms with E-state index in [1.807, 2.05) is 69.5 Å². The molecule has 2 aliphatic rings. The Balaban J connectivity index is 1.57. The van der Waals surface area contributed by atoms with Crippen LogP contribution in [0.3, 0.4) is 0 Å². The lowest BCUT2D eigenvalue weighted by molar-refractivity contribution is 0.00578. The second-order valence-corrected chi connectivity index (χ2v) is 9.46. The molecule has 3 heterocycles. The fourth-order valence-corrected chi connectivity index (χ4v) is 3.92. The van der Waals surface area contributed by atoms with Gasteiger partial charge in [0.05, 0.1) is 34.8 Å². The second kappa shape index (κ2) is 7.03. The molecule has 31 heavy (non-hydrogen) atoms. The maximum atomic E-state index is 13.9. The van der Waals surface area contributed by atoms with E-state index in [9.17, 15) is 4.39 Å². The molecule has 1 aliphatic carbocycles. The van der Waals surface area contributed by atoms with Crippen LogP contribution in [-0.4, -0.2) is 39.0 Å². The van der Waals surface area contributed by atoms with Gasteiger partial charge in [-0.15, -0.1) is 0 Å². The average molecular weight is 423 g/mol. The first-order chi connectivity index (χ1) is 14.7. The van der Waals surface area contributed by atoms with Crippen LogP contribution in [0.5, 0.6) is 5.75 Å². The van der Waals surface area contributed by atoms with Crippen molar-refractivity contribution in [1.82, 2.24) is 14.5 Å². The lowest BCUT2D eigenvalue weighted by Gasteiger charge is -2.32. The van der Waals surface area contributed by atoms with Crippen LogP contribution >= 0.6 is 0 Å². The molecule has 1 aliphatic heterocycles. The molecule has 0 amide bonds. The molecule has 162 valence electrons. The maximum Gasteiger partial charge on any atom is 0.495 e. The van der Waals surface area contributed by atoms with Gasteiger partial charge in [-0.1, -0.05) is 6.07 Å². The molecular formula is C23H27BFN3O3. The van der Waals surface area contributed by atoms with Crippen LogP contribution in [0.1, 0.15) is 58.9 Å². The van der Waals surface area contributed by atoms with E-state index < -0.39 is 24.5 Å². The topological polar surface area (TPSA) is 58.4 Å². The molecule has 0 spiro atoms. The molecule has 6 nitrogen and oxygen atoms in total. The Hall–Kier alpha value is -2.45. The zero-order valence-electron chi connectivity index (χ0n) is 18.5. The number of aromatic nitrogens is 3. The number of halogens is 1. The monoisotopic (exact) mass is 423 g/mol. The van der Waals surface area contributed by atoms with E-state index in [4.69, 9.17) is 14.0 Å². The highest BCUT2D eigenvalue weighted by atomic mass is 19.1. The number of alkyl halides is 1. The Labute approximate surface area is 181 Å². The molecule has 0 radical (unpaired) electrons. The molecule has 8 heteroatoms. The van der Waals surface area contributed by atoms with Crippen LogP contribution in [0.15, 0.2) is 42.9 Å². The first kappa shape index (κ1) is 20.5. The molecule has 3 aromatic rings. The van der Waals surface area contributed by atoms with Gasteiger partial charge in [0.2, 0.25) is 0 Å². The van der Waals surface area contributed by atoms with Crippen LogP contribution in [0.4, 0.5) is 4.39 Å². The van der Waals surface area contributed by atoms with Gasteiger partial charge in [0.25, 0.3) is 0 Å². The van der Waals surface area contributed by atoms with Gasteiger partial charge in [0, 0.05) is 12.6 Å². The highest BCUT2D eigenvalue weighted by Gasteiger charge is 2.52. The van der Waals surface area contributed by atoms with Crippen LogP contribution in [-0.2, 0) is 9.31 Å². The number of nitrogens with zero attached hydrogens (tertiary/aromatic N) is 3. The Morgan fingerprint density at radius 3 is 2.48 bits per heavy atom. The van der Waals surface area contributed by atoms with Crippen molar-refractivity contribution in [3.63, 3.8) is 0 Å². The SMILES string of the molecule is C[C@@H](Oc1cc(B2OC(C)(C)C(C)(C)O2)cc2ncn(C3CC3F)c12)c1ccccn1. The standard InChI is InChI=1S/C23H27BFN3O3/c1-14(17-8-6-7-9-26-17)29-20-11-15(24-30-22(2,3)23(4,5)31-24)10-18-21(20)28(13-27-18)19-12-16(19)25/h6-11,13-14,16,19H,12H2,1-5H3/t14-,16?,19?/m1/s1. The largest absolute Gasteiger partial charge is 0.495 e. The predicted molar refractivity (Wildman–Crippen MR) is 117 cm³/mol. The molecule has 2 aromatic heterocycles. The summed E-state index contributed by atoms with van der Waals surface area (Å²) < 4.78 is 34.6. The molecular weight excluding hydrogens is 396 g/mol. The molecule has 1 saturated carbocycles. The van der Waals surface area contributed by atoms with Gasteiger partial charge < -0.3 is 18.6 Å². The molecule has 0 bridgehead atoms. The first-order valence-electron chi connectivity index (χ1n) is 10.7. The van der Waals surface area contributed by atoms with Crippen molar-refractivity contribution >= 4 is 23.6 Å². The van der Waals surface area contributed by atoms with Crippen molar-refractivity contribution in [3.8, 4) is 5.75 Å². The Bertz CT molecular complexity index is 1100. The zero-order chi connectivity index (χ0) is 22.0. The molecule has 2 unspecified atom stereocenters. The van der Waals surface area contributed by atoms with E-state index in [-0.39, 0.29) is 12.1 Å². The third kappa shape index (κ3) is 3.51. The van der Waals surface area contributed by atoms with Crippen molar-refractivity contribution in [2.24, 2.45) is 0 Å². The van der Waals surface area contributed by atoms with E-state index in [0.29, 0.717) is 12.2 Å². The summed E-state index contributed by atoms with van der Waals surface area (Å²) in [4.78, 5) is 8.95. The van der Waals surface area contributed by atoms with Gasteiger partial charge in [-0.2, -0.15) is 0 Å². The minimum absolute atomic E-state index is 0.194.